The van der Waals surface area contributed by atoms with Crippen molar-refractivity contribution in [2.45, 2.75) is 13.3 Å². The third-order valence-corrected chi connectivity index (χ3v) is 3.53. The second-order valence-electron chi connectivity index (χ2n) is 3.74. The number of anilines is 1. The lowest BCUT2D eigenvalue weighted by molar-refractivity contribution is 0.0992. The molecule has 0 bridgehead atoms. The Kier molecular flexibility index (Phi) is 3.45. The maximum atomic E-state index is 12.0. The fourth-order valence-electron chi connectivity index (χ4n) is 1.44. The van der Waals surface area contributed by atoms with Crippen LogP contribution in [0.25, 0.3) is 0 Å². The van der Waals surface area contributed by atoms with Gasteiger partial charge in [-0.3, -0.25) is 4.79 Å². The van der Waals surface area contributed by atoms with Crippen molar-refractivity contribution >= 4 is 33.9 Å². The Bertz CT molecular complexity index is 565. The summed E-state index contributed by atoms with van der Waals surface area (Å²) in [7, 11) is 0. The van der Waals surface area contributed by atoms with E-state index in [1.165, 1.54) is 11.3 Å². The van der Waals surface area contributed by atoms with E-state index in [0.717, 1.165) is 5.56 Å². The Labute approximate surface area is 108 Å². The van der Waals surface area contributed by atoms with Gasteiger partial charge >= 0.3 is 0 Å². The number of hydrogen-bond acceptors (Lipinski definition) is 4. The summed E-state index contributed by atoms with van der Waals surface area (Å²) in [6.07, 6.45) is 0.257. The van der Waals surface area contributed by atoms with Crippen LogP contribution < -0.4 is 5.73 Å². The van der Waals surface area contributed by atoms with Gasteiger partial charge in [-0.25, -0.2) is 4.98 Å². The van der Waals surface area contributed by atoms with E-state index in [9.17, 15) is 4.79 Å². The molecule has 0 aliphatic carbocycles. The SMILES string of the molecule is Cc1ccc(C(=O)Cc2csc(N)n2)cc1Cl. The molecule has 0 aliphatic heterocycles. The van der Waals surface area contributed by atoms with Gasteiger partial charge in [0, 0.05) is 16.0 Å². The lowest BCUT2D eigenvalue weighted by Gasteiger charge is -2.02. The number of aromatic nitrogens is 1. The van der Waals surface area contributed by atoms with E-state index in [-0.39, 0.29) is 12.2 Å². The highest BCUT2D eigenvalue weighted by molar-refractivity contribution is 7.13. The van der Waals surface area contributed by atoms with Crippen molar-refractivity contribution in [1.29, 1.82) is 0 Å². The summed E-state index contributed by atoms with van der Waals surface area (Å²) in [6, 6.07) is 5.30. The van der Waals surface area contributed by atoms with Crippen molar-refractivity contribution in [3.63, 3.8) is 0 Å². The number of nitrogens with two attached hydrogens (primary N) is 1. The molecule has 3 nitrogen and oxygen atoms in total. The number of ketones is 1. The Morgan fingerprint density at radius 3 is 2.88 bits per heavy atom. The average Bonchev–Trinajstić information content (AvgIpc) is 2.68. The topological polar surface area (TPSA) is 56.0 Å². The fourth-order valence-corrected chi connectivity index (χ4v) is 2.18. The highest BCUT2D eigenvalue weighted by atomic mass is 35.5. The number of carbonyl (C=O) groups is 1. The largest absolute Gasteiger partial charge is 0.375 e. The summed E-state index contributed by atoms with van der Waals surface area (Å²) < 4.78 is 0. The third-order valence-electron chi connectivity index (χ3n) is 2.40. The highest BCUT2D eigenvalue weighted by Crippen LogP contribution is 2.19. The monoisotopic (exact) mass is 266 g/mol. The molecule has 5 heteroatoms. The maximum absolute atomic E-state index is 12.0. The molecular formula is C12H11ClN2OS. The maximum Gasteiger partial charge on any atom is 0.180 e. The molecule has 0 saturated carbocycles. The number of hydrogen-bond donors (Lipinski definition) is 1. The van der Waals surface area contributed by atoms with Crippen LogP contribution >= 0.6 is 22.9 Å². The predicted octanol–water partition coefficient (Wildman–Crippen LogP) is 3.11. The standard InChI is InChI=1S/C12H11ClN2OS/c1-7-2-3-8(4-10(7)13)11(16)5-9-6-17-12(14)15-9/h2-4,6H,5H2,1H3,(H2,14,15). The van der Waals surface area contributed by atoms with Crippen molar-refractivity contribution in [3.05, 3.63) is 45.4 Å². The predicted molar refractivity (Wildman–Crippen MR) is 70.7 cm³/mol. The van der Waals surface area contributed by atoms with Crippen LogP contribution in [0.3, 0.4) is 0 Å². The summed E-state index contributed by atoms with van der Waals surface area (Å²) in [5.74, 6) is -0.00259. The minimum atomic E-state index is -0.00259. The molecular weight excluding hydrogens is 256 g/mol. The first-order valence-corrected chi connectivity index (χ1v) is 6.31. The van der Waals surface area contributed by atoms with Gasteiger partial charge in [0.2, 0.25) is 0 Å². The molecule has 0 fully saturated rings. The van der Waals surface area contributed by atoms with Gasteiger partial charge < -0.3 is 5.73 Å². The first-order chi connectivity index (χ1) is 8.06. The summed E-state index contributed by atoms with van der Waals surface area (Å²) in [5.41, 5.74) is 7.78. The molecule has 0 radical (unpaired) electrons. The molecule has 1 heterocycles. The summed E-state index contributed by atoms with van der Waals surface area (Å²) in [6.45, 7) is 1.90. The molecule has 2 aromatic rings. The van der Waals surface area contributed by atoms with Crippen LogP contribution in [0.2, 0.25) is 5.02 Å². The zero-order chi connectivity index (χ0) is 12.4. The van der Waals surface area contributed by atoms with E-state index in [0.29, 0.717) is 21.4 Å². The van der Waals surface area contributed by atoms with Gasteiger partial charge in [-0.05, 0) is 18.6 Å². The van der Waals surface area contributed by atoms with Crippen LogP contribution in [0.4, 0.5) is 5.13 Å². The lowest BCUT2D eigenvalue weighted by Crippen LogP contribution is -2.04. The van der Waals surface area contributed by atoms with Crippen molar-refractivity contribution in [2.75, 3.05) is 5.73 Å². The van der Waals surface area contributed by atoms with Crippen molar-refractivity contribution in [2.24, 2.45) is 0 Å². The van der Waals surface area contributed by atoms with Crippen LogP contribution in [0.15, 0.2) is 23.6 Å². The van der Waals surface area contributed by atoms with Gasteiger partial charge in [-0.2, -0.15) is 0 Å². The number of nitrogen functional groups attached to an aromatic ring is 1. The van der Waals surface area contributed by atoms with E-state index >= 15 is 0 Å². The molecule has 0 saturated heterocycles. The average molecular weight is 267 g/mol. The van der Waals surface area contributed by atoms with Gasteiger partial charge in [0.25, 0.3) is 0 Å². The minimum absolute atomic E-state index is 0.00259. The summed E-state index contributed by atoms with van der Waals surface area (Å²) >= 11 is 7.31. The molecule has 2 rings (SSSR count). The molecule has 0 atom stereocenters. The van der Waals surface area contributed by atoms with Crippen LogP contribution in [-0.4, -0.2) is 10.8 Å². The number of benzene rings is 1. The molecule has 0 amide bonds. The number of halogens is 1. The minimum Gasteiger partial charge on any atom is -0.375 e. The third kappa shape index (κ3) is 2.84. The van der Waals surface area contributed by atoms with Gasteiger partial charge in [0.05, 0.1) is 12.1 Å². The highest BCUT2D eigenvalue weighted by Gasteiger charge is 2.10. The zero-order valence-electron chi connectivity index (χ0n) is 9.24. The molecule has 1 aromatic carbocycles. The quantitative estimate of drug-likeness (QED) is 0.869. The normalized spacial score (nSPS) is 10.5. The second-order valence-corrected chi connectivity index (χ2v) is 5.04. The molecule has 88 valence electrons. The molecule has 17 heavy (non-hydrogen) atoms. The molecule has 1 aromatic heterocycles. The Hall–Kier alpha value is -1.39. The first kappa shape index (κ1) is 12.1. The Morgan fingerprint density at radius 1 is 1.53 bits per heavy atom. The molecule has 2 N–H and O–H groups in total. The molecule has 0 spiro atoms. The Morgan fingerprint density at radius 2 is 2.29 bits per heavy atom. The van der Waals surface area contributed by atoms with E-state index in [4.69, 9.17) is 17.3 Å². The van der Waals surface area contributed by atoms with E-state index < -0.39 is 0 Å². The summed E-state index contributed by atoms with van der Waals surface area (Å²) in [4.78, 5) is 16.0. The Balaban J connectivity index is 2.17. The van der Waals surface area contributed by atoms with E-state index in [2.05, 4.69) is 4.98 Å². The first-order valence-electron chi connectivity index (χ1n) is 5.05. The van der Waals surface area contributed by atoms with Crippen LogP contribution in [0, 0.1) is 6.92 Å². The number of thiazole rings is 1. The molecule has 0 unspecified atom stereocenters. The van der Waals surface area contributed by atoms with E-state index in [1.54, 1.807) is 17.5 Å². The zero-order valence-corrected chi connectivity index (χ0v) is 10.8. The van der Waals surface area contributed by atoms with Gasteiger partial charge in [0.15, 0.2) is 10.9 Å². The van der Waals surface area contributed by atoms with E-state index in [1.807, 2.05) is 13.0 Å². The van der Waals surface area contributed by atoms with Crippen LogP contribution in [0.5, 0.6) is 0 Å². The summed E-state index contributed by atoms with van der Waals surface area (Å²) in [5, 5.41) is 2.88. The number of rotatable bonds is 3. The van der Waals surface area contributed by atoms with Gasteiger partial charge in [-0.1, -0.05) is 23.7 Å². The fraction of sp³-hybridized carbons (Fsp3) is 0.167. The lowest BCUT2D eigenvalue weighted by atomic mass is 10.1. The number of carbonyl (C=O) groups excluding carboxylic acids is 1. The van der Waals surface area contributed by atoms with Crippen molar-refractivity contribution in [1.82, 2.24) is 4.98 Å². The van der Waals surface area contributed by atoms with Crippen LogP contribution in [-0.2, 0) is 6.42 Å². The number of Topliss-reactive ketones (excluding diaryl/α,β-unsaturated/α-hetero) is 1. The van der Waals surface area contributed by atoms with Crippen molar-refractivity contribution < 1.29 is 4.79 Å². The van der Waals surface area contributed by atoms with Crippen molar-refractivity contribution in [3.8, 4) is 0 Å². The number of aryl methyl sites for hydroxylation is 1. The van der Waals surface area contributed by atoms with Gasteiger partial charge in [-0.15, -0.1) is 11.3 Å². The number of nitrogens with zero attached hydrogens (tertiary/aromatic N) is 1. The molecule has 0 aliphatic rings. The smallest absolute Gasteiger partial charge is 0.180 e. The van der Waals surface area contributed by atoms with Crippen LogP contribution in [0.1, 0.15) is 21.6 Å². The van der Waals surface area contributed by atoms with Gasteiger partial charge in [0.1, 0.15) is 0 Å². The second kappa shape index (κ2) is 4.85.